The van der Waals surface area contributed by atoms with Crippen LogP contribution in [-0.4, -0.2) is 41.5 Å². The number of hydrogen-bond donors (Lipinski definition) is 1. The molecular formula is C27H29N3O6. The van der Waals surface area contributed by atoms with E-state index in [2.05, 4.69) is 9.97 Å². The van der Waals surface area contributed by atoms with Gasteiger partial charge in [0.05, 0.1) is 31.7 Å². The highest BCUT2D eigenvalue weighted by molar-refractivity contribution is 5.83. The van der Waals surface area contributed by atoms with Gasteiger partial charge in [0.15, 0.2) is 11.5 Å². The lowest BCUT2D eigenvalue weighted by atomic mass is 10.0. The molecule has 0 atom stereocenters. The van der Waals surface area contributed by atoms with E-state index >= 15 is 0 Å². The lowest BCUT2D eigenvalue weighted by Gasteiger charge is -2.20. The fourth-order valence-corrected chi connectivity index (χ4v) is 4.33. The molecule has 0 radical (unpaired) electrons. The van der Waals surface area contributed by atoms with Crippen LogP contribution in [0.1, 0.15) is 35.9 Å². The van der Waals surface area contributed by atoms with E-state index in [-0.39, 0.29) is 30.9 Å². The summed E-state index contributed by atoms with van der Waals surface area (Å²) in [6.07, 6.45) is 0.381. The summed E-state index contributed by atoms with van der Waals surface area (Å²) in [5, 5.41) is 1.22. The topological polar surface area (TPSA) is 115 Å². The summed E-state index contributed by atoms with van der Waals surface area (Å²) in [7, 11) is 3.00. The van der Waals surface area contributed by atoms with E-state index in [1.54, 1.807) is 17.0 Å². The highest BCUT2D eigenvalue weighted by Gasteiger charge is 2.18. The number of aromatic nitrogens is 2. The molecule has 0 fully saturated rings. The zero-order valence-corrected chi connectivity index (χ0v) is 21.1. The normalized spacial score (nSPS) is 11.1. The molecule has 1 N–H and O–H groups in total. The monoisotopic (exact) mass is 491 g/mol. The maximum absolute atomic E-state index is 13.1. The van der Waals surface area contributed by atoms with Crippen LogP contribution in [0.5, 0.6) is 11.5 Å². The smallest absolute Gasteiger partial charge is 0.339 e. The summed E-state index contributed by atoms with van der Waals surface area (Å²) >= 11 is 0. The number of rotatable bonds is 8. The number of fused-ring (bicyclic) bond motifs is 2. The van der Waals surface area contributed by atoms with Crippen molar-refractivity contribution in [1.29, 1.82) is 0 Å². The lowest BCUT2D eigenvalue weighted by Crippen LogP contribution is -2.32. The second kappa shape index (κ2) is 10.2. The number of nitrogens with zero attached hydrogens (tertiary/aromatic N) is 2. The number of carbonyl (C=O) groups excluding carboxylic acids is 1. The summed E-state index contributed by atoms with van der Waals surface area (Å²) in [6.45, 7) is 6.20. The third kappa shape index (κ3) is 4.82. The first-order valence-electron chi connectivity index (χ1n) is 11.7. The summed E-state index contributed by atoms with van der Waals surface area (Å²) in [5.74, 6) is 1.08. The molecular weight excluding hydrogens is 462 g/mol. The van der Waals surface area contributed by atoms with E-state index in [9.17, 15) is 14.4 Å². The number of aromatic amines is 1. The number of methoxy groups -OCH3 is 2. The van der Waals surface area contributed by atoms with Crippen LogP contribution in [-0.2, 0) is 17.8 Å². The first-order valence-corrected chi connectivity index (χ1v) is 11.7. The van der Waals surface area contributed by atoms with Crippen LogP contribution in [0.3, 0.4) is 0 Å². The average molecular weight is 492 g/mol. The minimum Gasteiger partial charge on any atom is -0.493 e. The Balaban J connectivity index is 1.55. The number of carbonyl (C=O) groups is 1. The molecule has 0 aliphatic rings. The lowest BCUT2D eigenvalue weighted by molar-refractivity contribution is -0.131. The van der Waals surface area contributed by atoms with Crippen molar-refractivity contribution in [3.8, 4) is 11.5 Å². The predicted molar refractivity (Wildman–Crippen MR) is 137 cm³/mol. The molecule has 2 aromatic heterocycles. The van der Waals surface area contributed by atoms with E-state index in [4.69, 9.17) is 13.9 Å². The van der Waals surface area contributed by atoms with Gasteiger partial charge in [-0.3, -0.25) is 9.59 Å². The molecule has 0 bridgehead atoms. The summed E-state index contributed by atoms with van der Waals surface area (Å²) in [6, 6.07) is 8.94. The molecule has 0 aliphatic heterocycles. The third-order valence-electron chi connectivity index (χ3n) is 6.37. The van der Waals surface area contributed by atoms with E-state index < -0.39 is 5.63 Å². The van der Waals surface area contributed by atoms with Crippen molar-refractivity contribution < 1.29 is 18.7 Å². The largest absolute Gasteiger partial charge is 0.493 e. The molecule has 9 heteroatoms. The maximum atomic E-state index is 13.1. The Kier molecular flexibility index (Phi) is 7.10. The van der Waals surface area contributed by atoms with Gasteiger partial charge in [-0.1, -0.05) is 12.1 Å². The first-order chi connectivity index (χ1) is 17.2. The van der Waals surface area contributed by atoms with Crippen LogP contribution in [0.25, 0.3) is 21.9 Å². The van der Waals surface area contributed by atoms with Crippen LogP contribution >= 0.6 is 0 Å². The molecule has 36 heavy (non-hydrogen) atoms. The Bertz CT molecular complexity index is 1570. The van der Waals surface area contributed by atoms with Crippen LogP contribution in [0.4, 0.5) is 0 Å². The number of aryl methyl sites for hydroxylation is 2. The Hall–Kier alpha value is -4.14. The number of benzene rings is 2. The van der Waals surface area contributed by atoms with E-state index in [1.807, 2.05) is 39.0 Å². The van der Waals surface area contributed by atoms with Crippen LogP contribution in [0.2, 0.25) is 0 Å². The van der Waals surface area contributed by atoms with Crippen molar-refractivity contribution in [1.82, 2.24) is 14.9 Å². The zero-order valence-electron chi connectivity index (χ0n) is 21.1. The number of ether oxygens (including phenoxy) is 2. The van der Waals surface area contributed by atoms with Crippen molar-refractivity contribution in [2.24, 2.45) is 0 Å². The Morgan fingerprint density at radius 3 is 2.47 bits per heavy atom. The molecule has 4 aromatic rings. The quantitative estimate of drug-likeness (QED) is 0.374. The van der Waals surface area contributed by atoms with Gasteiger partial charge >= 0.3 is 5.63 Å². The minimum atomic E-state index is -0.425. The average Bonchev–Trinajstić information content (AvgIpc) is 2.85. The molecule has 1 amide bonds. The van der Waals surface area contributed by atoms with Gasteiger partial charge in [-0.05, 0) is 50.5 Å². The molecule has 9 nitrogen and oxygen atoms in total. The van der Waals surface area contributed by atoms with Gasteiger partial charge in [0.1, 0.15) is 11.4 Å². The second-order valence-corrected chi connectivity index (χ2v) is 8.64. The van der Waals surface area contributed by atoms with Crippen molar-refractivity contribution in [3.05, 3.63) is 73.6 Å². The van der Waals surface area contributed by atoms with Crippen molar-refractivity contribution in [3.63, 3.8) is 0 Å². The molecule has 188 valence electrons. The predicted octanol–water partition coefficient (Wildman–Crippen LogP) is 3.64. The van der Waals surface area contributed by atoms with Gasteiger partial charge in [0.2, 0.25) is 5.91 Å². The molecule has 4 rings (SSSR count). The number of H-pyrrole nitrogens is 1. The Labute approximate surface area is 207 Å². The Morgan fingerprint density at radius 2 is 1.78 bits per heavy atom. The van der Waals surface area contributed by atoms with Crippen LogP contribution < -0.4 is 20.7 Å². The summed E-state index contributed by atoms with van der Waals surface area (Å²) < 4.78 is 16.1. The molecule has 0 aliphatic carbocycles. The van der Waals surface area contributed by atoms with E-state index in [0.29, 0.717) is 45.9 Å². The first kappa shape index (κ1) is 25.0. The number of hydrogen-bond acceptors (Lipinski definition) is 7. The maximum Gasteiger partial charge on any atom is 0.339 e. The highest BCUT2D eigenvalue weighted by atomic mass is 16.5. The fourth-order valence-electron chi connectivity index (χ4n) is 4.33. The molecule has 0 spiro atoms. The van der Waals surface area contributed by atoms with Gasteiger partial charge in [-0.25, -0.2) is 9.78 Å². The standard InChI is InChI=1S/C27H29N3O6/c1-6-30(14-24-28-20-13-23(35-5)22(34-4)12-19(20)26(32)29-24)25(31)10-9-18-16(3)17-8-7-15(2)11-21(17)36-27(18)33/h7-8,11-13H,6,9-10,14H2,1-5H3,(H,28,29,32). The molecule has 0 unspecified atom stereocenters. The van der Waals surface area contributed by atoms with Gasteiger partial charge < -0.3 is 23.8 Å². The van der Waals surface area contributed by atoms with Crippen LogP contribution in [0.15, 0.2) is 44.3 Å². The molecule has 2 aromatic carbocycles. The fraction of sp³-hybridized carbons (Fsp3) is 0.333. The van der Waals surface area contributed by atoms with Gasteiger partial charge in [0, 0.05) is 30.0 Å². The zero-order chi connectivity index (χ0) is 26.0. The summed E-state index contributed by atoms with van der Waals surface area (Å²) in [5.41, 5.74) is 2.55. The number of amides is 1. The molecule has 2 heterocycles. The van der Waals surface area contributed by atoms with Crippen molar-refractivity contribution >= 4 is 27.8 Å². The van der Waals surface area contributed by atoms with Gasteiger partial charge in [-0.15, -0.1) is 0 Å². The van der Waals surface area contributed by atoms with Crippen molar-refractivity contribution in [2.45, 2.75) is 40.2 Å². The van der Waals surface area contributed by atoms with E-state index in [1.165, 1.54) is 14.2 Å². The summed E-state index contributed by atoms with van der Waals surface area (Å²) in [4.78, 5) is 47.2. The second-order valence-electron chi connectivity index (χ2n) is 8.64. The highest BCUT2D eigenvalue weighted by Crippen LogP contribution is 2.30. The number of nitrogens with one attached hydrogen (secondary N) is 1. The van der Waals surface area contributed by atoms with Gasteiger partial charge in [-0.2, -0.15) is 0 Å². The van der Waals surface area contributed by atoms with Gasteiger partial charge in [0.25, 0.3) is 5.56 Å². The molecule has 0 saturated heterocycles. The molecule has 0 saturated carbocycles. The van der Waals surface area contributed by atoms with Crippen molar-refractivity contribution in [2.75, 3.05) is 20.8 Å². The van der Waals surface area contributed by atoms with Crippen LogP contribution in [0, 0.1) is 13.8 Å². The third-order valence-corrected chi connectivity index (χ3v) is 6.37. The van der Waals surface area contributed by atoms with E-state index in [0.717, 1.165) is 16.5 Å². The Morgan fingerprint density at radius 1 is 1.06 bits per heavy atom. The SMILES string of the molecule is CCN(Cc1nc2cc(OC)c(OC)cc2c(=O)[nH]1)C(=O)CCc1c(C)c2ccc(C)cc2oc1=O. The minimum absolute atomic E-state index is 0.124.